The first-order valence-corrected chi connectivity index (χ1v) is 11.5. The van der Waals surface area contributed by atoms with Crippen molar-refractivity contribution in [3.8, 4) is 0 Å². The molecule has 0 spiro atoms. The predicted octanol–water partition coefficient (Wildman–Crippen LogP) is 4.64. The van der Waals surface area contributed by atoms with Gasteiger partial charge in [-0.25, -0.2) is 4.18 Å². The summed E-state index contributed by atoms with van der Waals surface area (Å²) >= 11 is 0. The molecule has 0 amide bonds. The Morgan fingerprint density at radius 1 is 0.808 bits per heavy atom. The molecule has 0 saturated carbocycles. The van der Waals surface area contributed by atoms with E-state index in [0.29, 0.717) is 25.0 Å². The monoisotopic (exact) mass is 396 g/mol. The van der Waals surface area contributed by atoms with Gasteiger partial charge < -0.3 is 9.47 Å². The molecule has 0 rings (SSSR count). The summed E-state index contributed by atoms with van der Waals surface area (Å²) < 4.78 is 46.7. The van der Waals surface area contributed by atoms with Crippen LogP contribution in [0.2, 0.25) is 0 Å². The molecular formula is C19H40O6S. The van der Waals surface area contributed by atoms with Crippen LogP contribution in [-0.4, -0.2) is 45.5 Å². The number of ether oxygens (including phenoxy) is 2. The van der Waals surface area contributed by atoms with E-state index in [9.17, 15) is 8.42 Å². The molecule has 0 aliphatic heterocycles. The van der Waals surface area contributed by atoms with Crippen molar-refractivity contribution in [2.45, 2.75) is 85.2 Å². The van der Waals surface area contributed by atoms with E-state index in [2.05, 4.69) is 31.9 Å². The third-order valence-electron chi connectivity index (χ3n) is 4.71. The van der Waals surface area contributed by atoms with E-state index >= 15 is 0 Å². The fourth-order valence-electron chi connectivity index (χ4n) is 2.74. The maximum Gasteiger partial charge on any atom is 0.397 e. The van der Waals surface area contributed by atoms with Crippen LogP contribution in [0.5, 0.6) is 0 Å². The zero-order chi connectivity index (χ0) is 19.8. The minimum atomic E-state index is -4.47. The summed E-state index contributed by atoms with van der Waals surface area (Å²) in [6.45, 7) is 9.83. The SMILES string of the molecule is CCCCC(CC)COCC(COS(=O)(=O)O)OCC(CC)CCCC. The minimum absolute atomic E-state index is 0.227. The second-order valence-corrected chi connectivity index (χ2v) is 8.13. The molecule has 0 bridgehead atoms. The topological polar surface area (TPSA) is 82.1 Å². The molecule has 6 nitrogen and oxygen atoms in total. The number of rotatable bonds is 18. The van der Waals surface area contributed by atoms with Crippen LogP contribution >= 0.6 is 0 Å². The molecule has 0 aromatic rings. The first-order chi connectivity index (χ1) is 12.4. The van der Waals surface area contributed by atoms with Gasteiger partial charge in [-0.1, -0.05) is 66.2 Å². The Hall–Kier alpha value is -0.210. The van der Waals surface area contributed by atoms with Crippen molar-refractivity contribution in [2.24, 2.45) is 11.8 Å². The molecule has 0 radical (unpaired) electrons. The van der Waals surface area contributed by atoms with Crippen molar-refractivity contribution >= 4 is 10.4 Å². The number of unbranched alkanes of at least 4 members (excludes halogenated alkanes) is 2. The van der Waals surface area contributed by atoms with E-state index in [0.717, 1.165) is 38.5 Å². The van der Waals surface area contributed by atoms with Gasteiger partial charge in [0, 0.05) is 13.2 Å². The molecule has 158 valence electrons. The maximum atomic E-state index is 10.9. The lowest BCUT2D eigenvalue weighted by molar-refractivity contribution is -0.0561. The minimum Gasteiger partial charge on any atom is -0.378 e. The Morgan fingerprint density at radius 2 is 1.35 bits per heavy atom. The molecule has 0 aromatic carbocycles. The third kappa shape index (κ3) is 14.9. The van der Waals surface area contributed by atoms with Gasteiger partial charge in [0.1, 0.15) is 6.10 Å². The van der Waals surface area contributed by atoms with Crippen LogP contribution in [0.3, 0.4) is 0 Å². The lowest BCUT2D eigenvalue weighted by Crippen LogP contribution is -2.30. The van der Waals surface area contributed by atoms with Crippen LogP contribution in [0.25, 0.3) is 0 Å². The van der Waals surface area contributed by atoms with E-state index in [1.807, 2.05) is 0 Å². The average molecular weight is 397 g/mol. The summed E-state index contributed by atoms with van der Waals surface area (Å²) in [6.07, 6.45) is 8.44. The first kappa shape index (κ1) is 25.8. The van der Waals surface area contributed by atoms with Crippen LogP contribution < -0.4 is 0 Å². The van der Waals surface area contributed by atoms with E-state index in [1.54, 1.807) is 0 Å². The van der Waals surface area contributed by atoms with Gasteiger partial charge in [-0.15, -0.1) is 0 Å². The van der Waals surface area contributed by atoms with Gasteiger partial charge >= 0.3 is 10.4 Å². The zero-order valence-corrected chi connectivity index (χ0v) is 17.9. The van der Waals surface area contributed by atoms with Gasteiger partial charge in [-0.2, -0.15) is 8.42 Å². The summed E-state index contributed by atoms with van der Waals surface area (Å²) in [5, 5.41) is 0. The van der Waals surface area contributed by atoms with Gasteiger partial charge in [-0.3, -0.25) is 4.55 Å². The summed E-state index contributed by atoms with van der Waals surface area (Å²) in [6, 6.07) is 0. The van der Waals surface area contributed by atoms with Crippen molar-refractivity contribution in [1.29, 1.82) is 0 Å². The van der Waals surface area contributed by atoms with Crippen LogP contribution in [0.15, 0.2) is 0 Å². The lowest BCUT2D eigenvalue weighted by atomic mass is 10.0. The molecular weight excluding hydrogens is 356 g/mol. The molecule has 0 heterocycles. The van der Waals surface area contributed by atoms with Gasteiger partial charge in [0.05, 0.1) is 13.2 Å². The molecule has 0 aliphatic rings. The Bertz CT molecular complexity index is 412. The largest absolute Gasteiger partial charge is 0.397 e. The molecule has 3 unspecified atom stereocenters. The highest BCUT2D eigenvalue weighted by Crippen LogP contribution is 2.16. The van der Waals surface area contributed by atoms with Gasteiger partial charge in [0.2, 0.25) is 0 Å². The molecule has 26 heavy (non-hydrogen) atoms. The summed E-state index contributed by atoms with van der Waals surface area (Å²) in [7, 11) is -4.47. The van der Waals surface area contributed by atoms with Crippen molar-refractivity contribution in [2.75, 3.05) is 26.4 Å². The average Bonchev–Trinajstić information content (AvgIpc) is 2.61. The molecule has 3 atom stereocenters. The van der Waals surface area contributed by atoms with Crippen LogP contribution in [0.4, 0.5) is 0 Å². The third-order valence-corrected chi connectivity index (χ3v) is 5.15. The van der Waals surface area contributed by atoms with Crippen molar-refractivity contribution in [3.63, 3.8) is 0 Å². The molecule has 0 saturated heterocycles. The number of hydrogen-bond donors (Lipinski definition) is 1. The number of hydrogen-bond acceptors (Lipinski definition) is 5. The normalized spacial score (nSPS) is 15.7. The van der Waals surface area contributed by atoms with Crippen LogP contribution in [0.1, 0.15) is 79.1 Å². The second-order valence-electron chi connectivity index (χ2n) is 7.04. The summed E-state index contributed by atoms with van der Waals surface area (Å²) in [5.74, 6) is 0.946. The van der Waals surface area contributed by atoms with Gasteiger partial charge in [-0.05, 0) is 24.7 Å². The zero-order valence-electron chi connectivity index (χ0n) is 17.1. The Balaban J connectivity index is 4.44. The van der Waals surface area contributed by atoms with Crippen molar-refractivity contribution < 1.29 is 26.6 Å². The Kier molecular flexibility index (Phi) is 15.7. The molecule has 0 aliphatic carbocycles. The highest BCUT2D eigenvalue weighted by atomic mass is 32.3. The molecule has 7 heteroatoms. The van der Waals surface area contributed by atoms with Gasteiger partial charge in [0.15, 0.2) is 0 Å². The predicted molar refractivity (Wildman–Crippen MR) is 105 cm³/mol. The smallest absolute Gasteiger partial charge is 0.378 e. The summed E-state index contributed by atoms with van der Waals surface area (Å²) in [5.41, 5.74) is 0. The molecule has 0 aromatic heterocycles. The highest BCUT2D eigenvalue weighted by molar-refractivity contribution is 7.80. The second kappa shape index (κ2) is 15.8. The molecule has 0 fully saturated rings. The Morgan fingerprint density at radius 3 is 1.81 bits per heavy atom. The lowest BCUT2D eigenvalue weighted by Gasteiger charge is -2.22. The quantitative estimate of drug-likeness (QED) is 0.340. The van der Waals surface area contributed by atoms with Crippen LogP contribution in [-0.2, 0) is 24.1 Å². The van der Waals surface area contributed by atoms with Gasteiger partial charge in [0.25, 0.3) is 0 Å². The van der Waals surface area contributed by atoms with E-state index in [-0.39, 0.29) is 13.2 Å². The Labute approximate surface area is 160 Å². The van der Waals surface area contributed by atoms with E-state index in [1.165, 1.54) is 12.8 Å². The summed E-state index contributed by atoms with van der Waals surface area (Å²) in [4.78, 5) is 0. The van der Waals surface area contributed by atoms with Crippen molar-refractivity contribution in [1.82, 2.24) is 0 Å². The van der Waals surface area contributed by atoms with E-state index < -0.39 is 16.5 Å². The first-order valence-electron chi connectivity index (χ1n) is 10.2. The van der Waals surface area contributed by atoms with Crippen LogP contribution in [0, 0.1) is 11.8 Å². The van der Waals surface area contributed by atoms with Crippen molar-refractivity contribution in [3.05, 3.63) is 0 Å². The highest BCUT2D eigenvalue weighted by Gasteiger charge is 2.18. The fourth-order valence-corrected chi connectivity index (χ4v) is 3.06. The standard InChI is InChI=1S/C19H40O6S/c1-5-9-11-17(7-3)13-23-15-19(16-25-26(20,21)22)24-14-18(8-4)12-10-6-2/h17-19H,5-16H2,1-4H3,(H,20,21,22). The molecule has 1 N–H and O–H groups in total. The van der Waals surface area contributed by atoms with E-state index in [4.69, 9.17) is 14.0 Å². The fraction of sp³-hybridized carbons (Fsp3) is 1.00. The maximum absolute atomic E-state index is 10.9.